The topological polar surface area (TPSA) is 61.4 Å². The van der Waals surface area contributed by atoms with Crippen LogP contribution in [0.3, 0.4) is 0 Å². The van der Waals surface area contributed by atoms with E-state index < -0.39 is 0 Å². The number of hydrogen-bond acceptors (Lipinski definition) is 4. The highest BCUT2D eigenvalue weighted by Crippen LogP contribution is 2.27. The van der Waals surface area contributed by atoms with E-state index in [1.165, 1.54) is 12.8 Å². The summed E-state index contributed by atoms with van der Waals surface area (Å²) in [7, 11) is 0. The van der Waals surface area contributed by atoms with Crippen molar-refractivity contribution in [1.82, 2.24) is 10.2 Å². The first-order chi connectivity index (χ1) is 11.6. The maximum Gasteiger partial charge on any atom is 0.254 e. The summed E-state index contributed by atoms with van der Waals surface area (Å²) in [4.78, 5) is 26.7. The largest absolute Gasteiger partial charge is 0.337 e. The minimum absolute atomic E-state index is 0.0577. The zero-order valence-electron chi connectivity index (χ0n) is 14.1. The molecule has 2 aliphatic rings. The van der Waals surface area contributed by atoms with Gasteiger partial charge in [-0.3, -0.25) is 9.59 Å². The van der Waals surface area contributed by atoms with E-state index in [1.54, 1.807) is 0 Å². The molecule has 1 heterocycles. The first-order valence-corrected chi connectivity index (χ1v) is 9.78. The number of carbonyl (C=O) groups is 2. The molecular formula is C18H25N3O2S. The second-order valence-electron chi connectivity index (χ2n) is 6.51. The molecule has 2 fully saturated rings. The smallest absolute Gasteiger partial charge is 0.254 e. The molecule has 0 aromatic heterocycles. The lowest BCUT2D eigenvalue weighted by atomic mass is 10.1. The van der Waals surface area contributed by atoms with Crippen molar-refractivity contribution in [3.63, 3.8) is 0 Å². The molecule has 6 heteroatoms. The molecular weight excluding hydrogens is 322 g/mol. The monoisotopic (exact) mass is 347 g/mol. The molecule has 24 heavy (non-hydrogen) atoms. The predicted octanol–water partition coefficient (Wildman–Crippen LogP) is 2.12. The third kappa shape index (κ3) is 4.51. The minimum atomic E-state index is -0.0577. The van der Waals surface area contributed by atoms with E-state index in [2.05, 4.69) is 10.6 Å². The summed E-state index contributed by atoms with van der Waals surface area (Å²) >= 11 is 1.88. The van der Waals surface area contributed by atoms with E-state index in [-0.39, 0.29) is 11.8 Å². The Morgan fingerprint density at radius 2 is 2.00 bits per heavy atom. The molecule has 0 atom stereocenters. The molecule has 130 valence electrons. The third-order valence-corrected chi connectivity index (χ3v) is 5.49. The number of nitrogens with zero attached hydrogens (tertiary/aromatic N) is 1. The number of benzene rings is 1. The van der Waals surface area contributed by atoms with Gasteiger partial charge in [0.05, 0.1) is 6.54 Å². The standard InChI is InChI=1S/C18H25N3O2S/c1-13-15(18(23)21-7-9-24-10-8-21)3-2-4-16(13)20-17(22)12-19-11-14-5-6-14/h2-4,14,19H,5-12H2,1H3,(H,20,22). The van der Waals surface area contributed by atoms with Gasteiger partial charge in [0.25, 0.3) is 5.91 Å². The van der Waals surface area contributed by atoms with Crippen molar-refractivity contribution >= 4 is 29.3 Å². The van der Waals surface area contributed by atoms with Gasteiger partial charge in [-0.15, -0.1) is 0 Å². The molecule has 0 radical (unpaired) electrons. The summed E-state index contributed by atoms with van der Waals surface area (Å²) in [6.45, 7) is 4.73. The van der Waals surface area contributed by atoms with E-state index in [0.29, 0.717) is 12.1 Å². The van der Waals surface area contributed by atoms with Crippen LogP contribution in [-0.2, 0) is 4.79 Å². The maximum absolute atomic E-state index is 12.7. The molecule has 1 saturated carbocycles. The number of carbonyl (C=O) groups excluding carboxylic acids is 2. The molecule has 2 amide bonds. The van der Waals surface area contributed by atoms with Crippen LogP contribution in [0.15, 0.2) is 18.2 Å². The molecule has 1 aromatic carbocycles. The van der Waals surface area contributed by atoms with Gasteiger partial charge >= 0.3 is 0 Å². The second kappa shape index (κ2) is 8.03. The van der Waals surface area contributed by atoms with Gasteiger partial charge in [0, 0.05) is 35.8 Å². The summed E-state index contributed by atoms with van der Waals surface area (Å²) in [5.41, 5.74) is 2.26. The van der Waals surface area contributed by atoms with Crippen LogP contribution in [0.2, 0.25) is 0 Å². The number of rotatable bonds is 6. The Morgan fingerprint density at radius 3 is 2.71 bits per heavy atom. The Labute approximate surface area is 147 Å². The molecule has 1 aliphatic carbocycles. The van der Waals surface area contributed by atoms with Gasteiger partial charge < -0.3 is 15.5 Å². The molecule has 5 nitrogen and oxygen atoms in total. The van der Waals surface area contributed by atoms with E-state index >= 15 is 0 Å². The van der Waals surface area contributed by atoms with Crippen LogP contribution in [-0.4, -0.2) is 54.4 Å². The van der Waals surface area contributed by atoms with Crippen LogP contribution in [0.4, 0.5) is 5.69 Å². The summed E-state index contributed by atoms with van der Waals surface area (Å²) in [5, 5.41) is 6.11. The van der Waals surface area contributed by atoms with Crippen molar-refractivity contribution in [2.24, 2.45) is 5.92 Å². The molecule has 1 aliphatic heterocycles. The quantitative estimate of drug-likeness (QED) is 0.827. The molecule has 0 bridgehead atoms. The summed E-state index contributed by atoms with van der Waals surface area (Å²) < 4.78 is 0. The molecule has 1 saturated heterocycles. The average molecular weight is 347 g/mol. The van der Waals surface area contributed by atoms with Gasteiger partial charge in [0.1, 0.15) is 0 Å². The van der Waals surface area contributed by atoms with Crippen LogP contribution in [0.1, 0.15) is 28.8 Å². The second-order valence-corrected chi connectivity index (χ2v) is 7.73. The van der Waals surface area contributed by atoms with Gasteiger partial charge in [-0.05, 0) is 49.9 Å². The van der Waals surface area contributed by atoms with Crippen LogP contribution < -0.4 is 10.6 Å². The number of amides is 2. The fourth-order valence-corrected chi connectivity index (χ4v) is 3.75. The van der Waals surface area contributed by atoms with Gasteiger partial charge in [0.2, 0.25) is 5.91 Å². The van der Waals surface area contributed by atoms with Crippen LogP contribution in [0, 0.1) is 12.8 Å². The van der Waals surface area contributed by atoms with Crippen molar-refractivity contribution in [3.8, 4) is 0 Å². The fraction of sp³-hybridized carbons (Fsp3) is 0.556. The summed E-state index contributed by atoms with van der Waals surface area (Å²) in [5.74, 6) is 2.75. The van der Waals surface area contributed by atoms with E-state index in [9.17, 15) is 9.59 Å². The summed E-state index contributed by atoms with van der Waals surface area (Å²) in [6.07, 6.45) is 2.54. The Morgan fingerprint density at radius 1 is 1.25 bits per heavy atom. The van der Waals surface area contributed by atoms with Crippen molar-refractivity contribution in [3.05, 3.63) is 29.3 Å². The van der Waals surface area contributed by atoms with Gasteiger partial charge in [0.15, 0.2) is 0 Å². The predicted molar refractivity (Wildman–Crippen MR) is 98.6 cm³/mol. The molecule has 2 N–H and O–H groups in total. The summed E-state index contributed by atoms with van der Waals surface area (Å²) in [6, 6.07) is 5.55. The fourth-order valence-electron chi connectivity index (χ4n) is 2.85. The van der Waals surface area contributed by atoms with E-state index in [4.69, 9.17) is 0 Å². The van der Waals surface area contributed by atoms with Gasteiger partial charge in [-0.2, -0.15) is 11.8 Å². The number of nitrogens with one attached hydrogen (secondary N) is 2. The average Bonchev–Trinajstić information content (AvgIpc) is 3.41. The van der Waals surface area contributed by atoms with Crippen molar-refractivity contribution in [1.29, 1.82) is 0 Å². The molecule has 0 unspecified atom stereocenters. The van der Waals surface area contributed by atoms with Gasteiger partial charge in [-0.1, -0.05) is 6.07 Å². The van der Waals surface area contributed by atoms with E-state index in [1.807, 2.05) is 41.8 Å². The molecule has 1 aromatic rings. The van der Waals surface area contributed by atoms with E-state index in [0.717, 1.165) is 48.3 Å². The Hall–Kier alpha value is -1.53. The SMILES string of the molecule is Cc1c(NC(=O)CNCC2CC2)cccc1C(=O)N1CCSCC1. The lowest BCUT2D eigenvalue weighted by Gasteiger charge is -2.27. The minimum Gasteiger partial charge on any atom is -0.337 e. The Kier molecular flexibility index (Phi) is 5.79. The highest BCUT2D eigenvalue weighted by Gasteiger charge is 2.22. The lowest BCUT2D eigenvalue weighted by Crippen LogP contribution is -2.38. The first kappa shape index (κ1) is 17.3. The van der Waals surface area contributed by atoms with Crippen LogP contribution in [0.25, 0.3) is 0 Å². The zero-order valence-corrected chi connectivity index (χ0v) is 15.0. The Bertz CT molecular complexity index is 610. The van der Waals surface area contributed by atoms with Crippen LogP contribution >= 0.6 is 11.8 Å². The maximum atomic E-state index is 12.7. The highest BCUT2D eigenvalue weighted by atomic mass is 32.2. The first-order valence-electron chi connectivity index (χ1n) is 8.62. The normalized spacial score (nSPS) is 17.6. The van der Waals surface area contributed by atoms with Crippen molar-refractivity contribution in [2.75, 3.05) is 43.0 Å². The molecule has 3 rings (SSSR count). The Balaban J connectivity index is 1.61. The molecule has 0 spiro atoms. The van der Waals surface area contributed by atoms with Crippen molar-refractivity contribution < 1.29 is 9.59 Å². The highest BCUT2D eigenvalue weighted by molar-refractivity contribution is 7.99. The number of thioether (sulfide) groups is 1. The van der Waals surface area contributed by atoms with Gasteiger partial charge in [-0.25, -0.2) is 0 Å². The number of anilines is 1. The number of hydrogen-bond donors (Lipinski definition) is 2. The van der Waals surface area contributed by atoms with Crippen molar-refractivity contribution in [2.45, 2.75) is 19.8 Å². The lowest BCUT2D eigenvalue weighted by molar-refractivity contribution is -0.115. The zero-order chi connectivity index (χ0) is 16.9. The van der Waals surface area contributed by atoms with Crippen LogP contribution in [0.5, 0.6) is 0 Å². The third-order valence-electron chi connectivity index (χ3n) is 4.55.